The summed E-state index contributed by atoms with van der Waals surface area (Å²) in [4.78, 5) is 12.1. The first-order valence-electron chi connectivity index (χ1n) is 15.3. The number of nitrogens with zero attached hydrogens (tertiary/aromatic N) is 1. The molecule has 2 atom stereocenters. The molecule has 0 aromatic carbocycles. The number of quaternary nitrogens is 1. The Hall–Kier alpha value is -0.0100. The first-order chi connectivity index (χ1) is 17.7. The van der Waals surface area contributed by atoms with E-state index in [2.05, 4.69) is 13.8 Å². The number of phosphoric acid groups is 1. The van der Waals surface area contributed by atoms with Crippen molar-refractivity contribution >= 4 is 7.82 Å². The van der Waals surface area contributed by atoms with E-state index in [0.717, 1.165) is 25.7 Å². The maximum absolute atomic E-state index is 12.1. The second-order valence-electron chi connectivity index (χ2n) is 11.5. The SMILES string of the molecule is CCCCCCCCCCCCCCCCOCC(COP(=O)([O-])OCC[N+](C)(C)C)OCCCCC. The van der Waals surface area contributed by atoms with Crippen LogP contribution < -0.4 is 4.89 Å². The third-order valence-corrected chi connectivity index (χ3v) is 7.44. The summed E-state index contributed by atoms with van der Waals surface area (Å²) >= 11 is 0. The average molecular weight is 552 g/mol. The zero-order chi connectivity index (χ0) is 27.7. The molecule has 224 valence electrons. The summed E-state index contributed by atoms with van der Waals surface area (Å²) in [7, 11) is 1.60. The van der Waals surface area contributed by atoms with E-state index in [1.165, 1.54) is 83.5 Å². The minimum absolute atomic E-state index is 0.0734. The van der Waals surface area contributed by atoms with Crippen LogP contribution in [-0.2, 0) is 23.1 Å². The van der Waals surface area contributed by atoms with E-state index >= 15 is 0 Å². The van der Waals surface area contributed by atoms with E-state index in [4.69, 9.17) is 18.5 Å². The first kappa shape index (κ1) is 37.0. The van der Waals surface area contributed by atoms with E-state index in [0.29, 0.717) is 30.8 Å². The molecule has 0 aliphatic carbocycles. The highest BCUT2D eigenvalue weighted by atomic mass is 31.2. The molecule has 0 amide bonds. The zero-order valence-electron chi connectivity index (χ0n) is 25.2. The Morgan fingerprint density at radius 2 is 1.08 bits per heavy atom. The number of rotatable bonds is 29. The zero-order valence-corrected chi connectivity index (χ0v) is 26.1. The molecule has 0 saturated heterocycles. The van der Waals surface area contributed by atoms with Crippen LogP contribution in [0.1, 0.15) is 123 Å². The highest BCUT2D eigenvalue weighted by Gasteiger charge is 2.17. The molecule has 0 heterocycles. The van der Waals surface area contributed by atoms with Crippen molar-refractivity contribution in [2.75, 3.05) is 60.7 Å². The minimum atomic E-state index is -4.35. The molecule has 0 aliphatic heterocycles. The van der Waals surface area contributed by atoms with Gasteiger partial charge in [-0.25, -0.2) is 0 Å². The third-order valence-electron chi connectivity index (χ3n) is 6.48. The molecule has 0 saturated carbocycles. The van der Waals surface area contributed by atoms with Crippen LogP contribution in [0.2, 0.25) is 0 Å². The molecule has 37 heavy (non-hydrogen) atoms. The van der Waals surface area contributed by atoms with Crippen molar-refractivity contribution < 1.29 is 32.5 Å². The van der Waals surface area contributed by atoms with E-state index in [1.807, 2.05) is 21.1 Å². The number of hydrogen-bond donors (Lipinski definition) is 0. The number of ether oxygens (including phenoxy) is 2. The topological polar surface area (TPSA) is 77.1 Å². The number of unbranched alkanes of at least 4 members (excludes halogenated alkanes) is 15. The fourth-order valence-corrected chi connectivity index (χ4v) is 4.73. The lowest BCUT2D eigenvalue weighted by molar-refractivity contribution is -0.870. The average Bonchev–Trinajstić information content (AvgIpc) is 2.83. The third kappa shape index (κ3) is 28.8. The summed E-state index contributed by atoms with van der Waals surface area (Å²) in [6.45, 7) is 6.60. The fraction of sp³-hybridized carbons (Fsp3) is 1.00. The van der Waals surface area contributed by atoms with E-state index in [9.17, 15) is 9.46 Å². The van der Waals surface area contributed by atoms with E-state index in [1.54, 1.807) is 0 Å². The second-order valence-corrected chi connectivity index (χ2v) is 12.9. The molecular formula is C29H62NO6P. The Morgan fingerprint density at radius 1 is 0.622 bits per heavy atom. The Labute approximate surface area is 230 Å². The van der Waals surface area contributed by atoms with Crippen molar-refractivity contribution in [3.8, 4) is 0 Å². The van der Waals surface area contributed by atoms with Crippen LogP contribution in [0.5, 0.6) is 0 Å². The standard InChI is InChI=1S/C29H62NO6P/c1-6-8-10-11-12-13-14-15-16-17-18-19-20-22-24-33-27-29(34-25-21-9-7-2)28-36-37(31,32)35-26-23-30(3,4)5/h29H,6-28H2,1-5H3. The largest absolute Gasteiger partial charge is 0.756 e. The van der Waals surface area contributed by atoms with Gasteiger partial charge in [0, 0.05) is 13.2 Å². The predicted octanol–water partition coefficient (Wildman–Crippen LogP) is 7.27. The normalized spacial score (nSPS) is 14.6. The Morgan fingerprint density at radius 3 is 1.59 bits per heavy atom. The van der Waals surface area contributed by atoms with Gasteiger partial charge >= 0.3 is 0 Å². The quantitative estimate of drug-likeness (QED) is 0.0553. The number of hydrogen-bond acceptors (Lipinski definition) is 6. The molecule has 0 bridgehead atoms. The minimum Gasteiger partial charge on any atom is -0.756 e. The molecule has 7 nitrogen and oxygen atoms in total. The Bertz CT molecular complexity index is 529. The predicted molar refractivity (Wildman–Crippen MR) is 153 cm³/mol. The molecule has 0 fully saturated rings. The molecular weight excluding hydrogens is 489 g/mol. The lowest BCUT2D eigenvalue weighted by Gasteiger charge is -2.28. The van der Waals surface area contributed by atoms with E-state index < -0.39 is 13.9 Å². The molecule has 0 rings (SSSR count). The number of phosphoric ester groups is 1. The van der Waals surface area contributed by atoms with Crippen LogP contribution in [0.4, 0.5) is 0 Å². The van der Waals surface area contributed by atoms with Crippen molar-refractivity contribution in [3.05, 3.63) is 0 Å². The van der Waals surface area contributed by atoms with Gasteiger partial charge in [-0.1, -0.05) is 110 Å². The van der Waals surface area contributed by atoms with Crippen molar-refractivity contribution in [2.45, 2.75) is 129 Å². The van der Waals surface area contributed by atoms with Crippen molar-refractivity contribution in [1.82, 2.24) is 0 Å². The summed E-state index contributed by atoms with van der Waals surface area (Å²) in [5.41, 5.74) is 0. The molecule has 0 aliphatic rings. The molecule has 8 heteroatoms. The van der Waals surface area contributed by atoms with Gasteiger partial charge in [-0.3, -0.25) is 4.57 Å². The van der Waals surface area contributed by atoms with Gasteiger partial charge in [0.05, 0.1) is 34.4 Å². The lowest BCUT2D eigenvalue weighted by Crippen LogP contribution is -2.37. The maximum atomic E-state index is 12.1. The monoisotopic (exact) mass is 551 g/mol. The summed E-state index contributed by atoms with van der Waals surface area (Å²) in [5.74, 6) is 0. The maximum Gasteiger partial charge on any atom is 0.268 e. The fourth-order valence-electron chi connectivity index (χ4n) is 4.00. The van der Waals surface area contributed by atoms with Gasteiger partial charge in [0.15, 0.2) is 0 Å². The van der Waals surface area contributed by atoms with Crippen molar-refractivity contribution in [3.63, 3.8) is 0 Å². The van der Waals surface area contributed by atoms with Crippen LogP contribution in [0.25, 0.3) is 0 Å². The van der Waals surface area contributed by atoms with E-state index in [-0.39, 0.29) is 13.2 Å². The molecule has 0 radical (unpaired) electrons. The van der Waals surface area contributed by atoms with Crippen LogP contribution in [0.15, 0.2) is 0 Å². The molecule has 0 aromatic heterocycles. The highest BCUT2D eigenvalue weighted by Crippen LogP contribution is 2.38. The molecule has 2 unspecified atom stereocenters. The molecule has 0 aromatic rings. The van der Waals surface area contributed by atoms with Gasteiger partial charge in [-0.2, -0.15) is 0 Å². The second kappa shape index (κ2) is 25.0. The van der Waals surface area contributed by atoms with Crippen molar-refractivity contribution in [1.29, 1.82) is 0 Å². The highest BCUT2D eigenvalue weighted by molar-refractivity contribution is 7.45. The van der Waals surface area contributed by atoms with Crippen LogP contribution in [0.3, 0.4) is 0 Å². The van der Waals surface area contributed by atoms with Crippen LogP contribution >= 0.6 is 7.82 Å². The van der Waals surface area contributed by atoms with Crippen LogP contribution in [0, 0.1) is 0 Å². The summed E-state index contributed by atoms with van der Waals surface area (Å²) in [5, 5.41) is 0. The van der Waals surface area contributed by atoms with Gasteiger partial charge in [0.1, 0.15) is 19.3 Å². The summed E-state index contributed by atoms with van der Waals surface area (Å²) in [6.07, 6.45) is 21.3. The van der Waals surface area contributed by atoms with Crippen molar-refractivity contribution in [2.24, 2.45) is 0 Å². The van der Waals surface area contributed by atoms with Gasteiger partial charge in [0.2, 0.25) is 0 Å². The van der Waals surface area contributed by atoms with Gasteiger partial charge in [-0.05, 0) is 12.8 Å². The smallest absolute Gasteiger partial charge is 0.268 e. The van der Waals surface area contributed by atoms with Gasteiger partial charge in [0.25, 0.3) is 7.82 Å². The number of likely N-dealkylation sites (N-methyl/N-ethyl adjacent to an activating group) is 1. The van der Waals surface area contributed by atoms with Gasteiger partial charge < -0.3 is 27.9 Å². The Balaban J connectivity index is 3.89. The summed E-state index contributed by atoms with van der Waals surface area (Å²) in [6, 6.07) is 0. The summed E-state index contributed by atoms with van der Waals surface area (Å²) < 4.78 is 34.5. The van der Waals surface area contributed by atoms with Gasteiger partial charge in [-0.15, -0.1) is 0 Å². The molecule has 0 spiro atoms. The molecule has 0 N–H and O–H groups in total. The Kier molecular flexibility index (Phi) is 25.0. The first-order valence-corrected chi connectivity index (χ1v) is 16.8. The van der Waals surface area contributed by atoms with Crippen LogP contribution in [-0.4, -0.2) is 71.3 Å². The lowest BCUT2D eigenvalue weighted by atomic mass is 10.0.